The first-order chi connectivity index (χ1) is 14.2. The van der Waals surface area contributed by atoms with Crippen molar-refractivity contribution >= 4 is 16.6 Å². The first-order valence-electron chi connectivity index (χ1n) is 10.2. The molecule has 4 aromatic rings. The fourth-order valence-corrected chi connectivity index (χ4v) is 4.35. The molecule has 0 spiro atoms. The number of carbonyl (C=O) groups is 1. The Morgan fingerprint density at radius 1 is 0.621 bits per heavy atom. The molecule has 0 saturated carbocycles. The number of benzene rings is 4. The Hall–Kier alpha value is -3.19. The maximum Gasteiger partial charge on any atom is 0.136 e. The monoisotopic (exact) mass is 378 g/mol. The number of carbonyl (C=O) groups excluding carboxylic acids is 1. The van der Waals surface area contributed by atoms with E-state index in [1.54, 1.807) is 6.92 Å². The highest BCUT2D eigenvalue weighted by molar-refractivity contribution is 5.88. The molecule has 4 rings (SSSR count). The third kappa shape index (κ3) is 4.30. The van der Waals surface area contributed by atoms with Gasteiger partial charge in [-0.15, -0.1) is 0 Å². The molecular weight excluding hydrogens is 352 g/mol. The molecule has 0 aliphatic heterocycles. The van der Waals surface area contributed by atoms with E-state index in [9.17, 15) is 4.79 Å². The van der Waals surface area contributed by atoms with Gasteiger partial charge in [0.25, 0.3) is 0 Å². The number of Topliss-reactive ketones (excluding diaryl/α,β-unsaturated/α-hetero) is 1. The highest BCUT2D eigenvalue weighted by atomic mass is 16.1. The van der Waals surface area contributed by atoms with Crippen molar-refractivity contribution in [3.8, 4) is 0 Å². The maximum atomic E-state index is 13.2. The molecule has 0 bridgehead atoms. The minimum absolute atomic E-state index is 0.248. The molecule has 0 saturated heterocycles. The van der Waals surface area contributed by atoms with Gasteiger partial charge in [0.1, 0.15) is 5.78 Å². The normalized spacial score (nSPS) is 11.5. The van der Waals surface area contributed by atoms with Crippen LogP contribution < -0.4 is 0 Å². The number of hydrogen-bond donors (Lipinski definition) is 0. The Morgan fingerprint density at radius 3 is 1.72 bits per heavy atom. The average Bonchev–Trinajstić information content (AvgIpc) is 2.75. The first-order valence-corrected chi connectivity index (χ1v) is 10.2. The Balaban J connectivity index is 1.80. The van der Waals surface area contributed by atoms with E-state index in [-0.39, 0.29) is 5.78 Å². The van der Waals surface area contributed by atoms with Crippen LogP contribution in [0.2, 0.25) is 0 Å². The van der Waals surface area contributed by atoms with E-state index in [0.29, 0.717) is 0 Å². The zero-order valence-electron chi connectivity index (χ0n) is 16.8. The van der Waals surface area contributed by atoms with E-state index < -0.39 is 5.41 Å². The van der Waals surface area contributed by atoms with Crippen LogP contribution >= 0.6 is 0 Å². The van der Waals surface area contributed by atoms with Crippen LogP contribution in [-0.4, -0.2) is 5.78 Å². The Bertz CT molecular complexity index is 1050. The molecular formula is C28H26O. The van der Waals surface area contributed by atoms with Gasteiger partial charge in [0, 0.05) is 5.41 Å². The van der Waals surface area contributed by atoms with Crippen molar-refractivity contribution in [2.24, 2.45) is 5.41 Å². The maximum absolute atomic E-state index is 13.2. The molecule has 29 heavy (non-hydrogen) atoms. The summed E-state index contributed by atoms with van der Waals surface area (Å²) in [6, 6.07) is 35.7. The number of hydrogen-bond acceptors (Lipinski definition) is 1. The molecule has 0 heterocycles. The van der Waals surface area contributed by atoms with Gasteiger partial charge in [-0.1, -0.05) is 103 Å². The molecule has 1 heteroatoms. The third-order valence-corrected chi connectivity index (χ3v) is 5.93. The molecule has 0 amide bonds. The van der Waals surface area contributed by atoms with Crippen molar-refractivity contribution in [3.63, 3.8) is 0 Å². The molecule has 4 aromatic carbocycles. The van der Waals surface area contributed by atoms with Crippen molar-refractivity contribution in [1.82, 2.24) is 0 Å². The van der Waals surface area contributed by atoms with Crippen molar-refractivity contribution in [3.05, 3.63) is 120 Å². The smallest absolute Gasteiger partial charge is 0.136 e. The lowest BCUT2D eigenvalue weighted by molar-refractivity contribution is -0.126. The Morgan fingerprint density at radius 2 is 1.14 bits per heavy atom. The molecule has 0 fully saturated rings. The molecule has 0 unspecified atom stereocenters. The van der Waals surface area contributed by atoms with Crippen LogP contribution in [-0.2, 0) is 24.1 Å². The summed E-state index contributed by atoms with van der Waals surface area (Å²) in [6.45, 7) is 1.76. The Kier molecular flexibility index (Phi) is 5.57. The number of ketones is 1. The second kappa shape index (κ2) is 8.45. The zero-order chi connectivity index (χ0) is 20.1. The summed E-state index contributed by atoms with van der Waals surface area (Å²) in [6.07, 6.45) is 2.20. The molecule has 0 N–H and O–H groups in total. The third-order valence-electron chi connectivity index (χ3n) is 5.93. The van der Waals surface area contributed by atoms with E-state index in [0.717, 1.165) is 19.3 Å². The minimum Gasteiger partial charge on any atom is -0.299 e. The van der Waals surface area contributed by atoms with Gasteiger partial charge >= 0.3 is 0 Å². The SMILES string of the molecule is CC(=O)C(Cc1ccccc1)(Cc1ccccc1)Cc1cccc2ccccc12. The second-order valence-corrected chi connectivity index (χ2v) is 7.98. The molecule has 0 aromatic heterocycles. The van der Waals surface area contributed by atoms with Gasteiger partial charge in [0.15, 0.2) is 0 Å². The van der Waals surface area contributed by atoms with Gasteiger partial charge in [0.2, 0.25) is 0 Å². The Labute approximate surface area is 173 Å². The van der Waals surface area contributed by atoms with Gasteiger partial charge in [-0.05, 0) is 53.6 Å². The predicted molar refractivity (Wildman–Crippen MR) is 121 cm³/mol. The standard InChI is InChI=1S/C28H26O/c1-22(29)28(19-23-11-4-2-5-12-23,20-24-13-6-3-7-14-24)21-26-17-10-16-25-15-8-9-18-27(25)26/h2-18H,19-21H2,1H3. The molecule has 0 radical (unpaired) electrons. The summed E-state index contributed by atoms with van der Waals surface area (Å²) >= 11 is 0. The van der Waals surface area contributed by atoms with E-state index in [2.05, 4.69) is 91.0 Å². The van der Waals surface area contributed by atoms with Crippen LogP contribution in [0, 0.1) is 5.41 Å². The second-order valence-electron chi connectivity index (χ2n) is 7.98. The van der Waals surface area contributed by atoms with Gasteiger partial charge in [-0.2, -0.15) is 0 Å². The lowest BCUT2D eigenvalue weighted by atomic mass is 9.69. The topological polar surface area (TPSA) is 17.1 Å². The molecule has 1 nitrogen and oxygen atoms in total. The summed E-state index contributed by atoms with van der Waals surface area (Å²) in [4.78, 5) is 13.2. The van der Waals surface area contributed by atoms with E-state index in [4.69, 9.17) is 0 Å². The molecule has 0 aliphatic rings. The van der Waals surface area contributed by atoms with Crippen LogP contribution in [0.1, 0.15) is 23.6 Å². The van der Waals surface area contributed by atoms with E-state index in [1.807, 2.05) is 12.1 Å². The largest absolute Gasteiger partial charge is 0.299 e. The fourth-order valence-electron chi connectivity index (χ4n) is 4.35. The highest BCUT2D eigenvalue weighted by Crippen LogP contribution is 2.35. The van der Waals surface area contributed by atoms with Crippen molar-refractivity contribution < 1.29 is 4.79 Å². The quantitative estimate of drug-likeness (QED) is 0.361. The van der Waals surface area contributed by atoms with Crippen molar-refractivity contribution in [1.29, 1.82) is 0 Å². The number of fused-ring (bicyclic) bond motifs is 1. The molecule has 0 aliphatic carbocycles. The van der Waals surface area contributed by atoms with Crippen LogP contribution in [0.15, 0.2) is 103 Å². The minimum atomic E-state index is -0.479. The number of rotatable bonds is 7. The lowest BCUT2D eigenvalue weighted by Crippen LogP contribution is -2.36. The predicted octanol–water partition coefficient (Wildman–Crippen LogP) is 6.44. The lowest BCUT2D eigenvalue weighted by Gasteiger charge is -2.32. The summed E-state index contributed by atoms with van der Waals surface area (Å²) in [5.41, 5.74) is 3.18. The van der Waals surface area contributed by atoms with Crippen LogP contribution in [0.3, 0.4) is 0 Å². The van der Waals surface area contributed by atoms with Gasteiger partial charge < -0.3 is 0 Å². The van der Waals surface area contributed by atoms with Crippen molar-refractivity contribution in [2.75, 3.05) is 0 Å². The van der Waals surface area contributed by atoms with Crippen LogP contribution in [0.5, 0.6) is 0 Å². The summed E-state index contributed by atoms with van der Waals surface area (Å²) in [5, 5.41) is 2.46. The summed E-state index contributed by atoms with van der Waals surface area (Å²) in [5.74, 6) is 0.248. The summed E-state index contributed by atoms with van der Waals surface area (Å²) in [7, 11) is 0. The van der Waals surface area contributed by atoms with Gasteiger partial charge in [-0.25, -0.2) is 0 Å². The van der Waals surface area contributed by atoms with Crippen molar-refractivity contribution in [2.45, 2.75) is 26.2 Å². The van der Waals surface area contributed by atoms with E-state index in [1.165, 1.54) is 27.5 Å². The summed E-state index contributed by atoms with van der Waals surface area (Å²) < 4.78 is 0. The zero-order valence-corrected chi connectivity index (χ0v) is 16.8. The fraction of sp³-hybridized carbons (Fsp3) is 0.179. The average molecular weight is 379 g/mol. The van der Waals surface area contributed by atoms with E-state index >= 15 is 0 Å². The highest BCUT2D eigenvalue weighted by Gasteiger charge is 2.36. The van der Waals surface area contributed by atoms with Crippen LogP contribution in [0.25, 0.3) is 10.8 Å². The van der Waals surface area contributed by atoms with Gasteiger partial charge in [-0.3, -0.25) is 4.79 Å². The molecule has 0 atom stereocenters. The van der Waals surface area contributed by atoms with Crippen LogP contribution in [0.4, 0.5) is 0 Å². The first kappa shape index (κ1) is 19.1. The molecule has 144 valence electrons. The van der Waals surface area contributed by atoms with Gasteiger partial charge in [0.05, 0.1) is 0 Å².